The molecular formula is C17H25NO. The van der Waals surface area contributed by atoms with Crippen LogP contribution >= 0.6 is 0 Å². The first-order chi connectivity index (χ1) is 9.20. The van der Waals surface area contributed by atoms with Gasteiger partial charge in [0.05, 0.1) is 0 Å². The van der Waals surface area contributed by atoms with Gasteiger partial charge in [-0.15, -0.1) is 0 Å². The molecule has 2 saturated heterocycles. The van der Waals surface area contributed by atoms with Crippen molar-refractivity contribution in [3.8, 4) is 5.75 Å². The summed E-state index contributed by atoms with van der Waals surface area (Å²) in [6.07, 6.45) is 6.77. The highest BCUT2D eigenvalue weighted by atomic mass is 16.5. The average molecular weight is 259 g/mol. The van der Waals surface area contributed by atoms with Crippen molar-refractivity contribution in [2.24, 2.45) is 0 Å². The standard InChI is InChI=1S/C17H25NO/c1-12(2)13-5-3-8-16(9-13)19-17-10-14-6-4-7-15(11-17)18-14/h3,5,8-9,12,14-15,17-18H,4,6-7,10-11H2,1-2H3/t14-,15+,17?. The molecule has 2 aliphatic heterocycles. The van der Waals surface area contributed by atoms with E-state index in [1.807, 2.05) is 0 Å². The van der Waals surface area contributed by atoms with Crippen molar-refractivity contribution in [1.29, 1.82) is 0 Å². The summed E-state index contributed by atoms with van der Waals surface area (Å²) in [5.41, 5.74) is 1.37. The molecule has 2 heterocycles. The molecule has 2 heteroatoms. The first-order valence-corrected chi connectivity index (χ1v) is 7.73. The molecule has 1 N–H and O–H groups in total. The Labute approximate surface area is 116 Å². The van der Waals surface area contributed by atoms with Gasteiger partial charge in [0.1, 0.15) is 11.9 Å². The maximum atomic E-state index is 6.24. The molecule has 3 rings (SSSR count). The predicted molar refractivity (Wildman–Crippen MR) is 78.7 cm³/mol. The summed E-state index contributed by atoms with van der Waals surface area (Å²) in [7, 11) is 0. The van der Waals surface area contributed by atoms with Gasteiger partial charge >= 0.3 is 0 Å². The zero-order chi connectivity index (χ0) is 13.2. The summed E-state index contributed by atoms with van der Waals surface area (Å²) < 4.78 is 6.24. The quantitative estimate of drug-likeness (QED) is 0.890. The SMILES string of the molecule is CC(C)c1cccc(OC2C[C@H]3CCC[C@@H](C2)N3)c1. The van der Waals surface area contributed by atoms with Gasteiger partial charge in [0.25, 0.3) is 0 Å². The molecule has 1 unspecified atom stereocenters. The molecule has 0 aliphatic carbocycles. The van der Waals surface area contributed by atoms with Crippen LogP contribution in [-0.2, 0) is 0 Å². The van der Waals surface area contributed by atoms with Crippen molar-refractivity contribution in [2.45, 2.75) is 70.1 Å². The highest BCUT2D eigenvalue weighted by molar-refractivity contribution is 5.30. The zero-order valence-electron chi connectivity index (χ0n) is 12.1. The van der Waals surface area contributed by atoms with Crippen molar-refractivity contribution < 1.29 is 4.74 Å². The number of fused-ring (bicyclic) bond motifs is 2. The van der Waals surface area contributed by atoms with E-state index in [1.165, 1.54) is 37.7 Å². The van der Waals surface area contributed by atoms with Gasteiger partial charge in [0.2, 0.25) is 0 Å². The lowest BCUT2D eigenvalue weighted by Gasteiger charge is -2.40. The van der Waals surface area contributed by atoms with Gasteiger partial charge in [-0.25, -0.2) is 0 Å². The van der Waals surface area contributed by atoms with Crippen LogP contribution in [0.15, 0.2) is 24.3 Å². The number of benzene rings is 1. The second-order valence-electron chi connectivity index (χ2n) is 6.43. The Morgan fingerprint density at radius 1 is 1.16 bits per heavy atom. The third-order valence-electron chi connectivity index (χ3n) is 4.50. The fourth-order valence-corrected chi connectivity index (χ4v) is 3.45. The second-order valence-corrected chi connectivity index (χ2v) is 6.43. The summed E-state index contributed by atoms with van der Waals surface area (Å²) in [5.74, 6) is 1.62. The fourth-order valence-electron chi connectivity index (χ4n) is 3.45. The molecule has 19 heavy (non-hydrogen) atoms. The Morgan fingerprint density at radius 2 is 1.89 bits per heavy atom. The molecule has 2 bridgehead atoms. The fraction of sp³-hybridized carbons (Fsp3) is 0.647. The maximum Gasteiger partial charge on any atom is 0.120 e. The van der Waals surface area contributed by atoms with Gasteiger partial charge in [-0.3, -0.25) is 0 Å². The van der Waals surface area contributed by atoms with Crippen LogP contribution in [0.25, 0.3) is 0 Å². The van der Waals surface area contributed by atoms with E-state index in [9.17, 15) is 0 Å². The topological polar surface area (TPSA) is 21.3 Å². The molecule has 0 aromatic heterocycles. The largest absolute Gasteiger partial charge is 0.490 e. The lowest BCUT2D eigenvalue weighted by atomic mass is 9.85. The van der Waals surface area contributed by atoms with Crippen LogP contribution in [0.2, 0.25) is 0 Å². The van der Waals surface area contributed by atoms with Gasteiger partial charge < -0.3 is 10.1 Å². The first kappa shape index (κ1) is 13.0. The summed E-state index contributed by atoms with van der Waals surface area (Å²) in [4.78, 5) is 0. The van der Waals surface area contributed by atoms with Crippen molar-refractivity contribution in [3.63, 3.8) is 0 Å². The van der Waals surface area contributed by atoms with Crippen LogP contribution < -0.4 is 10.1 Å². The molecule has 0 saturated carbocycles. The smallest absolute Gasteiger partial charge is 0.120 e. The minimum Gasteiger partial charge on any atom is -0.490 e. The van der Waals surface area contributed by atoms with Crippen LogP contribution in [0.3, 0.4) is 0 Å². The molecule has 2 nitrogen and oxygen atoms in total. The average Bonchev–Trinajstić information content (AvgIpc) is 2.38. The minimum atomic E-state index is 0.402. The Morgan fingerprint density at radius 3 is 2.58 bits per heavy atom. The molecule has 3 atom stereocenters. The maximum absolute atomic E-state index is 6.24. The number of hydrogen-bond donors (Lipinski definition) is 1. The number of ether oxygens (including phenoxy) is 1. The molecule has 1 aromatic carbocycles. The van der Waals surface area contributed by atoms with Gasteiger partial charge in [-0.2, -0.15) is 0 Å². The molecule has 2 aliphatic rings. The molecule has 2 fully saturated rings. The Balaban J connectivity index is 1.66. The Hall–Kier alpha value is -1.02. The molecule has 0 radical (unpaired) electrons. The summed E-state index contributed by atoms with van der Waals surface area (Å²) >= 11 is 0. The lowest BCUT2D eigenvalue weighted by Crippen LogP contribution is -2.51. The monoisotopic (exact) mass is 259 g/mol. The van der Waals surface area contributed by atoms with E-state index in [0.29, 0.717) is 24.1 Å². The normalized spacial score (nSPS) is 30.4. The molecule has 104 valence electrons. The van der Waals surface area contributed by atoms with E-state index >= 15 is 0 Å². The Bertz CT molecular complexity index is 417. The third-order valence-corrected chi connectivity index (χ3v) is 4.50. The predicted octanol–water partition coefficient (Wildman–Crippen LogP) is 3.86. The van der Waals surface area contributed by atoms with Crippen LogP contribution in [0.1, 0.15) is 57.4 Å². The van der Waals surface area contributed by atoms with E-state index in [0.717, 1.165) is 5.75 Å². The van der Waals surface area contributed by atoms with E-state index in [2.05, 4.69) is 43.4 Å². The Kier molecular flexibility index (Phi) is 3.79. The molecule has 0 spiro atoms. The lowest BCUT2D eigenvalue weighted by molar-refractivity contribution is 0.0926. The van der Waals surface area contributed by atoms with Gasteiger partial charge in [-0.1, -0.05) is 32.4 Å². The minimum absolute atomic E-state index is 0.402. The molecule has 0 amide bonds. The van der Waals surface area contributed by atoms with E-state index < -0.39 is 0 Å². The van der Waals surface area contributed by atoms with E-state index in [-0.39, 0.29) is 0 Å². The van der Waals surface area contributed by atoms with Gasteiger partial charge in [0.15, 0.2) is 0 Å². The summed E-state index contributed by atoms with van der Waals surface area (Å²) in [6, 6.07) is 9.99. The number of rotatable bonds is 3. The third kappa shape index (κ3) is 3.11. The van der Waals surface area contributed by atoms with Crippen LogP contribution in [-0.4, -0.2) is 18.2 Å². The zero-order valence-corrected chi connectivity index (χ0v) is 12.1. The van der Waals surface area contributed by atoms with Gasteiger partial charge in [0, 0.05) is 12.1 Å². The van der Waals surface area contributed by atoms with Gasteiger partial charge in [-0.05, 0) is 49.3 Å². The van der Waals surface area contributed by atoms with Crippen LogP contribution in [0.4, 0.5) is 0 Å². The first-order valence-electron chi connectivity index (χ1n) is 7.73. The number of nitrogens with one attached hydrogen (secondary N) is 1. The molecule has 1 aromatic rings. The number of hydrogen-bond acceptors (Lipinski definition) is 2. The highest BCUT2D eigenvalue weighted by Gasteiger charge is 2.32. The van der Waals surface area contributed by atoms with Crippen molar-refractivity contribution in [1.82, 2.24) is 5.32 Å². The highest BCUT2D eigenvalue weighted by Crippen LogP contribution is 2.29. The molecular weight excluding hydrogens is 234 g/mol. The van der Waals surface area contributed by atoms with Crippen molar-refractivity contribution >= 4 is 0 Å². The summed E-state index contributed by atoms with van der Waals surface area (Å²) in [5, 5.41) is 3.72. The summed E-state index contributed by atoms with van der Waals surface area (Å²) in [6.45, 7) is 4.46. The van der Waals surface area contributed by atoms with Crippen LogP contribution in [0.5, 0.6) is 5.75 Å². The van der Waals surface area contributed by atoms with Crippen molar-refractivity contribution in [2.75, 3.05) is 0 Å². The number of piperidine rings is 2. The van der Waals surface area contributed by atoms with E-state index in [4.69, 9.17) is 4.74 Å². The van der Waals surface area contributed by atoms with Crippen molar-refractivity contribution in [3.05, 3.63) is 29.8 Å². The van der Waals surface area contributed by atoms with Crippen LogP contribution in [0, 0.1) is 0 Å². The second kappa shape index (κ2) is 5.54. The van der Waals surface area contributed by atoms with E-state index in [1.54, 1.807) is 0 Å².